The number of carbonyl (C=O) groups is 3. The highest BCUT2D eigenvalue weighted by molar-refractivity contribution is 8.04. The molecule has 32 heavy (non-hydrogen) atoms. The third-order valence-corrected chi connectivity index (χ3v) is 7.09. The number of methoxy groups -OCH3 is 2. The van der Waals surface area contributed by atoms with Gasteiger partial charge in [0.25, 0.3) is 0 Å². The molecule has 10 heteroatoms. The fraction of sp³-hybridized carbons (Fsp3) is 0.227. The first kappa shape index (κ1) is 20.3. The molecule has 1 saturated heterocycles. The Hall–Kier alpha value is -3.66. The van der Waals surface area contributed by atoms with Gasteiger partial charge >= 0.3 is 5.97 Å². The van der Waals surface area contributed by atoms with E-state index in [0.717, 1.165) is 16.7 Å². The number of carbonyl (C=O) groups excluding carboxylic acids is 3. The molecule has 9 nitrogen and oxygen atoms in total. The minimum atomic E-state index is -0.887. The predicted molar refractivity (Wildman–Crippen MR) is 115 cm³/mol. The first-order valence-electron chi connectivity index (χ1n) is 9.67. The molecule has 0 aliphatic carbocycles. The van der Waals surface area contributed by atoms with Crippen LogP contribution in [0.3, 0.4) is 0 Å². The average Bonchev–Trinajstić information content (AvgIpc) is 3.02. The number of phenolic OH excluding ortho intramolecular Hbond substituents is 1. The van der Waals surface area contributed by atoms with Crippen molar-refractivity contribution in [3.63, 3.8) is 0 Å². The summed E-state index contributed by atoms with van der Waals surface area (Å²) in [7, 11) is 2.92. The minimum absolute atomic E-state index is 0.0877. The largest absolute Gasteiger partial charge is 0.508 e. The van der Waals surface area contributed by atoms with Crippen molar-refractivity contribution in [3.05, 3.63) is 52.6 Å². The van der Waals surface area contributed by atoms with Gasteiger partial charge in [-0.25, -0.2) is 9.69 Å². The third-order valence-electron chi connectivity index (χ3n) is 5.87. The predicted octanol–water partition coefficient (Wildman–Crippen LogP) is 1.89. The van der Waals surface area contributed by atoms with Crippen molar-refractivity contribution in [1.82, 2.24) is 0 Å². The molecule has 5 rings (SSSR count). The van der Waals surface area contributed by atoms with Crippen LogP contribution in [0.4, 0.5) is 5.69 Å². The Morgan fingerprint density at radius 1 is 1.06 bits per heavy atom. The molecule has 3 atom stereocenters. The second-order valence-electron chi connectivity index (χ2n) is 7.48. The van der Waals surface area contributed by atoms with Crippen LogP contribution >= 0.6 is 11.8 Å². The van der Waals surface area contributed by atoms with E-state index in [4.69, 9.17) is 19.9 Å². The summed E-state index contributed by atoms with van der Waals surface area (Å²) < 4.78 is 16.0. The van der Waals surface area contributed by atoms with Crippen LogP contribution in [0.25, 0.3) is 0 Å². The molecule has 2 aromatic carbocycles. The van der Waals surface area contributed by atoms with Crippen molar-refractivity contribution < 1.29 is 33.7 Å². The van der Waals surface area contributed by atoms with Crippen LogP contribution in [-0.4, -0.2) is 42.4 Å². The molecular weight excluding hydrogens is 436 g/mol. The number of hydrogen-bond donors (Lipinski definition) is 2. The number of aromatic hydroxyl groups is 1. The molecule has 0 aromatic heterocycles. The van der Waals surface area contributed by atoms with E-state index in [1.165, 1.54) is 26.4 Å². The molecule has 3 aliphatic heterocycles. The van der Waals surface area contributed by atoms with E-state index < -0.39 is 34.9 Å². The number of phenols is 1. The maximum atomic E-state index is 13.7. The SMILES string of the molecule is COc1ccc(OC)c(N2C(=O)[C@@H]3[C@@H](SC(N)=C4C(=O)Oc5cc(O)ccc5[C@H]43)C2=O)c1. The van der Waals surface area contributed by atoms with Crippen molar-refractivity contribution in [2.24, 2.45) is 11.7 Å². The summed E-state index contributed by atoms with van der Waals surface area (Å²) in [6.45, 7) is 0. The molecule has 0 bridgehead atoms. The number of nitrogens with zero attached hydrogens (tertiary/aromatic N) is 1. The molecule has 2 amide bonds. The van der Waals surface area contributed by atoms with Gasteiger partial charge in [-0.3, -0.25) is 9.59 Å². The molecular formula is C22H18N2O7S. The maximum absolute atomic E-state index is 13.7. The summed E-state index contributed by atoms with van der Waals surface area (Å²) in [5, 5.41) is 9.12. The smallest absolute Gasteiger partial charge is 0.342 e. The van der Waals surface area contributed by atoms with Gasteiger partial charge in [-0.1, -0.05) is 17.8 Å². The van der Waals surface area contributed by atoms with E-state index >= 15 is 0 Å². The third kappa shape index (κ3) is 2.76. The van der Waals surface area contributed by atoms with Gasteiger partial charge in [-0.2, -0.15) is 0 Å². The standard InChI is InChI=1S/C22H18N2O7S/c1-29-10-4-6-13(30-2)12(8-10)24-20(26)16-15-11-5-3-9(25)7-14(11)31-22(28)17(15)19(23)32-18(16)21(24)27/h3-8,15-16,18,25H,23H2,1-2H3/t15-,16-,18+/m0/s1. The lowest BCUT2D eigenvalue weighted by Crippen LogP contribution is -2.39. The highest BCUT2D eigenvalue weighted by atomic mass is 32.2. The minimum Gasteiger partial charge on any atom is -0.508 e. The summed E-state index contributed by atoms with van der Waals surface area (Å²) >= 11 is 0.981. The van der Waals surface area contributed by atoms with Crippen molar-refractivity contribution in [2.45, 2.75) is 11.2 Å². The van der Waals surface area contributed by atoms with Gasteiger partial charge in [0.2, 0.25) is 11.8 Å². The zero-order chi connectivity index (χ0) is 22.7. The molecule has 164 valence electrons. The lowest BCUT2D eigenvalue weighted by Gasteiger charge is -2.36. The number of benzene rings is 2. The van der Waals surface area contributed by atoms with Gasteiger partial charge in [0, 0.05) is 23.6 Å². The Labute approximate surface area is 186 Å². The quantitative estimate of drug-likeness (QED) is 0.406. The lowest BCUT2D eigenvalue weighted by atomic mass is 9.77. The number of ether oxygens (including phenoxy) is 3. The zero-order valence-corrected chi connectivity index (χ0v) is 17.8. The van der Waals surface area contributed by atoms with Crippen LogP contribution in [-0.2, 0) is 14.4 Å². The number of rotatable bonds is 3. The fourth-order valence-electron chi connectivity index (χ4n) is 4.45. The summed E-state index contributed by atoms with van der Waals surface area (Å²) in [6.07, 6.45) is 0. The molecule has 0 saturated carbocycles. The summed E-state index contributed by atoms with van der Waals surface area (Å²) in [6, 6.07) is 9.14. The Bertz CT molecular complexity index is 1220. The number of esters is 1. The second-order valence-corrected chi connectivity index (χ2v) is 8.66. The fourth-order valence-corrected chi connectivity index (χ4v) is 5.69. The van der Waals surface area contributed by atoms with E-state index in [1.54, 1.807) is 24.3 Å². The monoisotopic (exact) mass is 454 g/mol. The number of anilines is 1. The van der Waals surface area contributed by atoms with Crippen LogP contribution in [0, 0.1) is 5.92 Å². The molecule has 0 unspecified atom stereocenters. The molecule has 0 spiro atoms. The van der Waals surface area contributed by atoms with Gasteiger partial charge in [-0.15, -0.1) is 0 Å². The number of nitrogens with two attached hydrogens (primary N) is 1. The summed E-state index contributed by atoms with van der Waals surface area (Å²) in [5.74, 6) is -2.49. The van der Waals surface area contributed by atoms with E-state index in [-0.39, 0.29) is 27.8 Å². The second kappa shape index (κ2) is 7.20. The van der Waals surface area contributed by atoms with Crippen molar-refractivity contribution in [1.29, 1.82) is 0 Å². The van der Waals surface area contributed by atoms with Gasteiger partial charge < -0.3 is 25.1 Å². The van der Waals surface area contributed by atoms with Gasteiger partial charge in [0.15, 0.2) is 0 Å². The zero-order valence-electron chi connectivity index (χ0n) is 17.0. The molecule has 3 aliphatic rings. The Balaban J connectivity index is 1.66. The van der Waals surface area contributed by atoms with Gasteiger partial charge in [-0.05, 0) is 18.2 Å². The normalized spacial score (nSPS) is 24.0. The number of thioether (sulfide) groups is 1. The van der Waals surface area contributed by atoms with E-state index in [1.807, 2.05) is 0 Å². The number of fused-ring (bicyclic) bond motifs is 5. The van der Waals surface area contributed by atoms with Crippen molar-refractivity contribution in [2.75, 3.05) is 19.1 Å². The van der Waals surface area contributed by atoms with Crippen molar-refractivity contribution >= 4 is 35.2 Å². The highest BCUT2D eigenvalue weighted by Crippen LogP contribution is 2.55. The van der Waals surface area contributed by atoms with E-state index in [9.17, 15) is 19.5 Å². The topological polar surface area (TPSA) is 128 Å². The van der Waals surface area contributed by atoms with Crippen LogP contribution in [0.1, 0.15) is 11.5 Å². The number of hydrogen-bond acceptors (Lipinski definition) is 9. The van der Waals surface area contributed by atoms with E-state index in [0.29, 0.717) is 17.1 Å². The maximum Gasteiger partial charge on any atom is 0.342 e. The first-order chi connectivity index (χ1) is 15.3. The molecule has 0 radical (unpaired) electrons. The lowest BCUT2D eigenvalue weighted by molar-refractivity contribution is -0.131. The van der Waals surface area contributed by atoms with E-state index in [2.05, 4.69) is 0 Å². The first-order valence-corrected chi connectivity index (χ1v) is 10.5. The molecule has 2 aromatic rings. The van der Waals surface area contributed by atoms with Gasteiger partial charge in [0.1, 0.15) is 28.2 Å². The summed E-state index contributed by atoms with van der Waals surface area (Å²) in [4.78, 5) is 40.9. The van der Waals surface area contributed by atoms with Gasteiger partial charge in [0.05, 0.1) is 36.4 Å². The molecule has 1 fully saturated rings. The number of amides is 2. The highest BCUT2D eigenvalue weighted by Gasteiger charge is 2.59. The Kier molecular flexibility index (Phi) is 4.55. The Morgan fingerprint density at radius 3 is 2.56 bits per heavy atom. The molecule has 3 heterocycles. The Morgan fingerprint density at radius 2 is 1.84 bits per heavy atom. The average molecular weight is 454 g/mol. The van der Waals surface area contributed by atoms with Crippen molar-refractivity contribution in [3.8, 4) is 23.0 Å². The summed E-state index contributed by atoms with van der Waals surface area (Å²) in [5.41, 5.74) is 7.09. The number of imide groups is 1. The van der Waals surface area contributed by atoms with Crippen LogP contribution in [0.15, 0.2) is 47.0 Å². The van der Waals surface area contributed by atoms with Crippen LogP contribution in [0.5, 0.6) is 23.0 Å². The van der Waals surface area contributed by atoms with Crippen LogP contribution < -0.4 is 24.8 Å². The molecule has 3 N–H and O–H groups in total. The van der Waals surface area contributed by atoms with Crippen LogP contribution in [0.2, 0.25) is 0 Å².